The summed E-state index contributed by atoms with van der Waals surface area (Å²) in [6, 6.07) is 6.76. The molecule has 0 amide bonds. The van der Waals surface area contributed by atoms with Crippen LogP contribution in [0.2, 0.25) is 10.0 Å². The van der Waals surface area contributed by atoms with Crippen molar-refractivity contribution in [1.29, 1.82) is 0 Å². The standard InChI is InChI=1S/C13H8Cl2N4O/c14-9-1-3-10(4-2-9)19-13(20)12(15)11(7-17-19)18-6-5-16-8-18/h1-8H. The molecule has 100 valence electrons. The van der Waals surface area contributed by atoms with Gasteiger partial charge >= 0.3 is 0 Å². The SMILES string of the molecule is O=c1c(Cl)c(-n2ccnc2)cnn1-c1ccc(Cl)cc1. The van der Waals surface area contributed by atoms with Gasteiger partial charge in [-0.15, -0.1) is 0 Å². The van der Waals surface area contributed by atoms with Gasteiger partial charge in [0.25, 0.3) is 5.56 Å². The molecule has 20 heavy (non-hydrogen) atoms. The highest BCUT2D eigenvalue weighted by Crippen LogP contribution is 2.16. The lowest BCUT2D eigenvalue weighted by Crippen LogP contribution is -2.22. The largest absolute Gasteiger partial charge is 0.303 e. The Bertz CT molecular complexity index is 794. The van der Waals surface area contributed by atoms with Crippen molar-refractivity contribution < 1.29 is 0 Å². The first kappa shape index (κ1) is 12.9. The number of benzene rings is 1. The van der Waals surface area contributed by atoms with Gasteiger partial charge in [-0.25, -0.2) is 4.98 Å². The molecule has 0 aliphatic carbocycles. The van der Waals surface area contributed by atoms with Crippen LogP contribution in [-0.4, -0.2) is 19.3 Å². The first-order valence-corrected chi connectivity index (χ1v) is 6.44. The maximum absolute atomic E-state index is 12.3. The van der Waals surface area contributed by atoms with Crippen molar-refractivity contribution in [1.82, 2.24) is 19.3 Å². The molecule has 2 aromatic heterocycles. The highest BCUT2D eigenvalue weighted by atomic mass is 35.5. The molecule has 0 N–H and O–H groups in total. The Kier molecular flexibility index (Phi) is 3.30. The van der Waals surface area contributed by atoms with Crippen molar-refractivity contribution in [3.63, 3.8) is 0 Å². The van der Waals surface area contributed by atoms with Crippen LogP contribution in [0.4, 0.5) is 0 Å². The average molecular weight is 307 g/mol. The molecule has 0 bridgehead atoms. The van der Waals surface area contributed by atoms with Crippen LogP contribution < -0.4 is 5.56 Å². The first-order valence-electron chi connectivity index (χ1n) is 5.69. The first-order chi connectivity index (χ1) is 9.66. The molecule has 1 aromatic carbocycles. The highest BCUT2D eigenvalue weighted by molar-refractivity contribution is 6.32. The Morgan fingerprint density at radius 1 is 1.10 bits per heavy atom. The minimum Gasteiger partial charge on any atom is -0.303 e. The smallest absolute Gasteiger partial charge is 0.292 e. The zero-order chi connectivity index (χ0) is 14.1. The lowest BCUT2D eigenvalue weighted by atomic mass is 10.3. The fourth-order valence-electron chi connectivity index (χ4n) is 1.77. The predicted octanol–water partition coefficient (Wildman–Crippen LogP) is 2.73. The average Bonchev–Trinajstić information content (AvgIpc) is 2.97. The van der Waals surface area contributed by atoms with Gasteiger partial charge in [0.15, 0.2) is 0 Å². The van der Waals surface area contributed by atoms with Gasteiger partial charge in [0.05, 0.1) is 23.9 Å². The second kappa shape index (κ2) is 5.11. The summed E-state index contributed by atoms with van der Waals surface area (Å²) in [6.45, 7) is 0. The molecule has 3 rings (SSSR count). The van der Waals surface area contributed by atoms with E-state index in [1.165, 1.54) is 10.9 Å². The Morgan fingerprint density at radius 2 is 1.85 bits per heavy atom. The van der Waals surface area contributed by atoms with E-state index in [-0.39, 0.29) is 5.02 Å². The zero-order valence-electron chi connectivity index (χ0n) is 10.1. The van der Waals surface area contributed by atoms with Crippen LogP contribution in [0.15, 0.2) is 54.0 Å². The molecule has 5 nitrogen and oxygen atoms in total. The molecule has 3 aromatic rings. The summed E-state index contributed by atoms with van der Waals surface area (Å²) in [4.78, 5) is 16.2. The monoisotopic (exact) mass is 306 g/mol. The van der Waals surface area contributed by atoms with Gasteiger partial charge in [-0.1, -0.05) is 23.2 Å². The number of nitrogens with zero attached hydrogens (tertiary/aromatic N) is 4. The van der Waals surface area contributed by atoms with Crippen molar-refractivity contribution in [2.24, 2.45) is 0 Å². The third kappa shape index (κ3) is 2.21. The molecule has 2 heterocycles. The van der Waals surface area contributed by atoms with E-state index >= 15 is 0 Å². The molecular weight excluding hydrogens is 299 g/mol. The summed E-state index contributed by atoms with van der Waals surface area (Å²) in [5.74, 6) is 0. The highest BCUT2D eigenvalue weighted by Gasteiger charge is 2.11. The van der Waals surface area contributed by atoms with Crippen LogP contribution in [0.5, 0.6) is 0 Å². The summed E-state index contributed by atoms with van der Waals surface area (Å²) in [5, 5.41) is 4.79. The third-order valence-electron chi connectivity index (χ3n) is 2.75. The van der Waals surface area contributed by atoms with Crippen molar-refractivity contribution in [3.05, 3.63) is 69.6 Å². The van der Waals surface area contributed by atoms with E-state index in [1.54, 1.807) is 47.6 Å². The van der Waals surface area contributed by atoms with Crippen LogP contribution in [0.3, 0.4) is 0 Å². The molecular formula is C13H8Cl2N4O. The van der Waals surface area contributed by atoms with Crippen LogP contribution >= 0.6 is 23.2 Å². The van der Waals surface area contributed by atoms with Crippen molar-refractivity contribution >= 4 is 23.2 Å². The van der Waals surface area contributed by atoms with Crippen LogP contribution in [0, 0.1) is 0 Å². The van der Waals surface area contributed by atoms with E-state index in [1.807, 2.05) is 0 Å². The second-order valence-electron chi connectivity index (χ2n) is 4.01. The quantitative estimate of drug-likeness (QED) is 0.731. The molecule has 0 radical (unpaired) electrons. The summed E-state index contributed by atoms with van der Waals surface area (Å²) < 4.78 is 2.85. The van der Waals surface area contributed by atoms with E-state index in [2.05, 4.69) is 10.1 Å². The minimum atomic E-state index is -0.403. The summed E-state index contributed by atoms with van der Waals surface area (Å²) >= 11 is 11.9. The molecule has 0 aliphatic rings. The molecule has 0 aliphatic heterocycles. The molecule has 0 atom stereocenters. The Balaban J connectivity index is 2.14. The van der Waals surface area contributed by atoms with E-state index < -0.39 is 5.56 Å². The van der Waals surface area contributed by atoms with Gasteiger partial charge in [0.1, 0.15) is 5.02 Å². The zero-order valence-corrected chi connectivity index (χ0v) is 11.6. The maximum Gasteiger partial charge on any atom is 0.292 e. The lowest BCUT2D eigenvalue weighted by Gasteiger charge is -2.08. The van der Waals surface area contributed by atoms with E-state index in [4.69, 9.17) is 23.2 Å². The van der Waals surface area contributed by atoms with Crippen molar-refractivity contribution in [2.75, 3.05) is 0 Å². The summed E-state index contributed by atoms with van der Waals surface area (Å²) in [6.07, 6.45) is 6.35. The number of imidazole rings is 1. The van der Waals surface area contributed by atoms with Gasteiger partial charge in [-0.05, 0) is 24.3 Å². The number of halogens is 2. The molecule has 0 unspecified atom stereocenters. The Labute approximate surface area is 124 Å². The molecule has 7 heteroatoms. The minimum absolute atomic E-state index is 0.0768. The topological polar surface area (TPSA) is 52.7 Å². The molecule has 0 fully saturated rings. The van der Waals surface area contributed by atoms with Gasteiger partial charge in [-0.2, -0.15) is 9.78 Å². The molecule has 0 saturated carbocycles. The lowest BCUT2D eigenvalue weighted by molar-refractivity contribution is 0.796. The van der Waals surface area contributed by atoms with E-state index in [0.717, 1.165) is 0 Å². The van der Waals surface area contributed by atoms with E-state index in [0.29, 0.717) is 16.4 Å². The van der Waals surface area contributed by atoms with Gasteiger partial charge < -0.3 is 4.57 Å². The fraction of sp³-hybridized carbons (Fsp3) is 0. The Morgan fingerprint density at radius 3 is 2.50 bits per heavy atom. The molecule has 0 spiro atoms. The number of hydrogen-bond acceptors (Lipinski definition) is 3. The summed E-state index contributed by atoms with van der Waals surface area (Å²) in [5.41, 5.74) is 0.679. The van der Waals surface area contributed by atoms with Gasteiger partial charge in [0, 0.05) is 17.4 Å². The maximum atomic E-state index is 12.3. The van der Waals surface area contributed by atoms with E-state index in [9.17, 15) is 4.79 Å². The summed E-state index contributed by atoms with van der Waals surface area (Å²) in [7, 11) is 0. The number of hydrogen-bond donors (Lipinski definition) is 0. The third-order valence-corrected chi connectivity index (χ3v) is 3.36. The molecule has 0 saturated heterocycles. The number of rotatable bonds is 2. The second-order valence-corrected chi connectivity index (χ2v) is 4.82. The number of aromatic nitrogens is 4. The van der Waals surface area contributed by atoms with Gasteiger partial charge in [-0.3, -0.25) is 4.79 Å². The fourth-order valence-corrected chi connectivity index (χ4v) is 2.12. The van der Waals surface area contributed by atoms with Crippen LogP contribution in [0.1, 0.15) is 0 Å². The predicted molar refractivity (Wildman–Crippen MR) is 77.0 cm³/mol. The van der Waals surface area contributed by atoms with Crippen molar-refractivity contribution in [3.8, 4) is 11.4 Å². The van der Waals surface area contributed by atoms with Gasteiger partial charge in [0.2, 0.25) is 0 Å². The Hall–Kier alpha value is -2.11. The van der Waals surface area contributed by atoms with Crippen LogP contribution in [0.25, 0.3) is 11.4 Å². The van der Waals surface area contributed by atoms with Crippen LogP contribution in [-0.2, 0) is 0 Å². The van der Waals surface area contributed by atoms with Crippen molar-refractivity contribution in [2.45, 2.75) is 0 Å². The normalized spacial score (nSPS) is 10.7.